The third kappa shape index (κ3) is 5.10. The van der Waals surface area contributed by atoms with Crippen molar-refractivity contribution in [3.63, 3.8) is 0 Å². The number of rotatable bonds is 7. The number of nitrogens with one attached hydrogen (secondary N) is 2. The van der Waals surface area contributed by atoms with Crippen molar-refractivity contribution < 1.29 is 14.3 Å². The Hall–Kier alpha value is -2.90. The van der Waals surface area contributed by atoms with Crippen molar-refractivity contribution in [1.82, 2.24) is 20.3 Å². The first-order chi connectivity index (χ1) is 11.1. The third-order valence-electron chi connectivity index (χ3n) is 3.03. The molecule has 2 rings (SSSR count). The summed E-state index contributed by atoms with van der Waals surface area (Å²) in [5.41, 5.74) is 1.03. The molecule has 0 spiro atoms. The highest BCUT2D eigenvalue weighted by Crippen LogP contribution is 2.17. The maximum absolute atomic E-state index is 11.9. The lowest BCUT2D eigenvalue weighted by Gasteiger charge is -2.08. The van der Waals surface area contributed by atoms with Gasteiger partial charge in [0.15, 0.2) is 5.82 Å². The predicted molar refractivity (Wildman–Crippen MR) is 84.0 cm³/mol. The van der Waals surface area contributed by atoms with Gasteiger partial charge >= 0.3 is 0 Å². The topological polar surface area (TPSA) is 98.1 Å². The van der Waals surface area contributed by atoms with Gasteiger partial charge in [0.1, 0.15) is 12.3 Å². The van der Waals surface area contributed by atoms with Crippen LogP contribution in [0.1, 0.15) is 12.5 Å². The predicted octanol–water partition coefficient (Wildman–Crippen LogP) is 0.604. The van der Waals surface area contributed by atoms with Gasteiger partial charge in [-0.1, -0.05) is 18.2 Å². The molecule has 1 heterocycles. The van der Waals surface area contributed by atoms with Crippen LogP contribution >= 0.6 is 0 Å². The van der Waals surface area contributed by atoms with E-state index in [0.717, 1.165) is 11.3 Å². The summed E-state index contributed by atoms with van der Waals surface area (Å²) in [7, 11) is 1.62. The minimum absolute atomic E-state index is 0.00842. The molecule has 0 radical (unpaired) electrons. The van der Waals surface area contributed by atoms with Crippen molar-refractivity contribution in [2.75, 3.05) is 19.0 Å². The minimum atomic E-state index is -0.238. The van der Waals surface area contributed by atoms with Crippen LogP contribution in [0.2, 0.25) is 0 Å². The van der Waals surface area contributed by atoms with Gasteiger partial charge in [-0.2, -0.15) is 9.90 Å². The Labute approximate surface area is 133 Å². The van der Waals surface area contributed by atoms with Gasteiger partial charge in [0.2, 0.25) is 11.8 Å². The number of hydrogen-bond acceptors (Lipinski definition) is 5. The van der Waals surface area contributed by atoms with Crippen LogP contribution in [-0.4, -0.2) is 40.5 Å². The first kappa shape index (κ1) is 16.5. The van der Waals surface area contributed by atoms with Crippen LogP contribution in [0.15, 0.2) is 30.5 Å². The Bertz CT molecular complexity index is 683. The van der Waals surface area contributed by atoms with Gasteiger partial charge < -0.3 is 15.4 Å². The summed E-state index contributed by atoms with van der Waals surface area (Å²) >= 11 is 0. The summed E-state index contributed by atoms with van der Waals surface area (Å²) in [6.07, 6.45) is 2.06. The molecule has 0 aliphatic carbocycles. The second-order valence-electron chi connectivity index (χ2n) is 4.85. The number of benzene rings is 1. The van der Waals surface area contributed by atoms with E-state index in [1.807, 2.05) is 24.3 Å². The molecule has 0 unspecified atom stereocenters. The number of carbonyl (C=O) groups excluding carboxylic acids is 2. The Balaban J connectivity index is 1.79. The van der Waals surface area contributed by atoms with Crippen LogP contribution < -0.4 is 15.4 Å². The molecule has 2 aromatic rings. The molecule has 2 amide bonds. The molecule has 8 heteroatoms. The Morgan fingerprint density at radius 3 is 2.83 bits per heavy atom. The number of para-hydroxylation sites is 1. The van der Waals surface area contributed by atoms with Crippen LogP contribution in [0.3, 0.4) is 0 Å². The van der Waals surface area contributed by atoms with E-state index in [4.69, 9.17) is 4.74 Å². The van der Waals surface area contributed by atoms with Gasteiger partial charge in [0.25, 0.3) is 0 Å². The summed E-state index contributed by atoms with van der Waals surface area (Å²) in [6.45, 7) is 1.86. The highest BCUT2D eigenvalue weighted by atomic mass is 16.5. The van der Waals surface area contributed by atoms with Gasteiger partial charge in [-0.15, -0.1) is 5.10 Å². The molecule has 0 saturated heterocycles. The largest absolute Gasteiger partial charge is 0.496 e. The summed E-state index contributed by atoms with van der Waals surface area (Å²) in [5, 5.41) is 13.2. The normalized spacial score (nSPS) is 10.2. The number of hydrogen-bond donors (Lipinski definition) is 2. The average molecular weight is 317 g/mol. The number of aromatic nitrogens is 3. The van der Waals surface area contributed by atoms with Gasteiger partial charge in [-0.05, 0) is 18.1 Å². The van der Waals surface area contributed by atoms with Gasteiger partial charge in [-0.25, -0.2) is 0 Å². The molecule has 0 atom stereocenters. The smallest absolute Gasteiger partial charge is 0.243 e. The standard InChI is InChI=1S/C15H19N5O3/c1-11(21)18-14-9-17-20(19-14)10-15(22)16-8-7-12-5-3-4-6-13(12)23-2/h3-6,9H,7-8,10H2,1-2H3,(H,16,22)(H,18,19,21). The first-order valence-electron chi connectivity index (χ1n) is 7.15. The molecule has 0 fully saturated rings. The fourth-order valence-electron chi connectivity index (χ4n) is 2.04. The Morgan fingerprint density at radius 2 is 2.09 bits per heavy atom. The van der Waals surface area contributed by atoms with E-state index in [0.29, 0.717) is 18.8 Å². The zero-order valence-electron chi connectivity index (χ0n) is 13.1. The summed E-state index contributed by atoms with van der Waals surface area (Å²) in [6, 6.07) is 7.67. The van der Waals surface area contributed by atoms with Crippen LogP contribution in [0.5, 0.6) is 5.75 Å². The molecular formula is C15H19N5O3. The van der Waals surface area contributed by atoms with E-state index >= 15 is 0 Å². The molecule has 0 bridgehead atoms. The van der Waals surface area contributed by atoms with E-state index in [9.17, 15) is 9.59 Å². The number of methoxy groups -OCH3 is 1. The maximum atomic E-state index is 11.9. The van der Waals surface area contributed by atoms with Crippen molar-refractivity contribution in [1.29, 1.82) is 0 Å². The molecule has 0 aliphatic rings. The zero-order valence-corrected chi connectivity index (χ0v) is 13.1. The number of ether oxygens (including phenoxy) is 1. The quantitative estimate of drug-likeness (QED) is 0.779. The van der Waals surface area contributed by atoms with E-state index < -0.39 is 0 Å². The van der Waals surface area contributed by atoms with Crippen LogP contribution in [-0.2, 0) is 22.6 Å². The molecule has 23 heavy (non-hydrogen) atoms. The maximum Gasteiger partial charge on any atom is 0.243 e. The molecular weight excluding hydrogens is 298 g/mol. The lowest BCUT2D eigenvalue weighted by molar-refractivity contribution is -0.122. The summed E-state index contributed by atoms with van der Waals surface area (Å²) in [4.78, 5) is 24.0. The molecule has 8 nitrogen and oxygen atoms in total. The average Bonchev–Trinajstić information content (AvgIpc) is 2.93. The second-order valence-corrected chi connectivity index (χ2v) is 4.85. The molecule has 0 aliphatic heterocycles. The monoisotopic (exact) mass is 317 g/mol. The molecule has 1 aromatic heterocycles. The number of amides is 2. The van der Waals surface area contributed by atoms with Gasteiger partial charge in [0.05, 0.1) is 13.3 Å². The summed E-state index contributed by atoms with van der Waals surface area (Å²) < 4.78 is 5.26. The fraction of sp³-hybridized carbons (Fsp3) is 0.333. The summed E-state index contributed by atoms with van der Waals surface area (Å²) in [5.74, 6) is 0.679. The van der Waals surface area contributed by atoms with Crippen molar-refractivity contribution in [3.8, 4) is 5.75 Å². The molecule has 1 aromatic carbocycles. The number of anilines is 1. The number of nitrogens with zero attached hydrogens (tertiary/aromatic N) is 3. The fourth-order valence-corrected chi connectivity index (χ4v) is 2.04. The Kier molecular flexibility index (Phi) is 5.67. The van der Waals surface area contributed by atoms with Crippen LogP contribution in [0.4, 0.5) is 5.82 Å². The second kappa shape index (κ2) is 7.92. The third-order valence-corrected chi connectivity index (χ3v) is 3.03. The highest BCUT2D eigenvalue weighted by molar-refractivity contribution is 5.87. The van der Waals surface area contributed by atoms with E-state index in [1.54, 1.807) is 7.11 Å². The molecule has 2 N–H and O–H groups in total. The molecule has 0 saturated carbocycles. The van der Waals surface area contributed by atoms with Crippen LogP contribution in [0, 0.1) is 0 Å². The lowest BCUT2D eigenvalue weighted by Crippen LogP contribution is -2.30. The molecule has 122 valence electrons. The van der Waals surface area contributed by atoms with Gasteiger partial charge in [-0.3, -0.25) is 9.59 Å². The lowest BCUT2D eigenvalue weighted by atomic mass is 10.1. The van der Waals surface area contributed by atoms with E-state index in [-0.39, 0.29) is 18.4 Å². The number of carbonyl (C=O) groups is 2. The van der Waals surface area contributed by atoms with Crippen molar-refractivity contribution in [2.24, 2.45) is 0 Å². The van der Waals surface area contributed by atoms with Crippen LogP contribution in [0.25, 0.3) is 0 Å². The van der Waals surface area contributed by atoms with Gasteiger partial charge in [0, 0.05) is 13.5 Å². The van der Waals surface area contributed by atoms with Crippen molar-refractivity contribution >= 4 is 17.6 Å². The SMILES string of the molecule is COc1ccccc1CCNC(=O)Cn1ncc(NC(C)=O)n1. The minimum Gasteiger partial charge on any atom is -0.496 e. The highest BCUT2D eigenvalue weighted by Gasteiger charge is 2.07. The van der Waals surface area contributed by atoms with E-state index in [1.165, 1.54) is 17.9 Å². The Morgan fingerprint density at radius 1 is 1.30 bits per heavy atom. The zero-order chi connectivity index (χ0) is 16.7. The van der Waals surface area contributed by atoms with Crippen molar-refractivity contribution in [3.05, 3.63) is 36.0 Å². The van der Waals surface area contributed by atoms with E-state index in [2.05, 4.69) is 20.8 Å². The van der Waals surface area contributed by atoms with Crippen molar-refractivity contribution in [2.45, 2.75) is 19.9 Å². The first-order valence-corrected chi connectivity index (χ1v) is 7.15.